The zero-order valence-electron chi connectivity index (χ0n) is 9.13. The van der Waals surface area contributed by atoms with Crippen LogP contribution in [-0.4, -0.2) is 16.0 Å². The number of phenols is 1. The first-order chi connectivity index (χ1) is 8.25. The van der Waals surface area contributed by atoms with Crippen molar-refractivity contribution in [3.63, 3.8) is 0 Å². The molecule has 4 heteroatoms. The summed E-state index contributed by atoms with van der Waals surface area (Å²) >= 11 is 0. The van der Waals surface area contributed by atoms with Crippen LogP contribution >= 0.6 is 0 Å². The lowest BCUT2D eigenvalue weighted by atomic mass is 10.2. The first kappa shape index (κ1) is 11.1. The molecule has 1 heterocycles. The van der Waals surface area contributed by atoms with Crippen LogP contribution in [0.15, 0.2) is 48.8 Å². The van der Waals surface area contributed by atoms with E-state index < -0.39 is 0 Å². The van der Waals surface area contributed by atoms with Crippen molar-refractivity contribution in [3.8, 4) is 5.75 Å². The third-order valence-electron chi connectivity index (χ3n) is 2.29. The molecule has 0 radical (unpaired) electrons. The summed E-state index contributed by atoms with van der Waals surface area (Å²) in [6.07, 6.45) is 3.13. The molecular weight excluding hydrogens is 216 g/mol. The Kier molecular flexibility index (Phi) is 3.35. The summed E-state index contributed by atoms with van der Waals surface area (Å²) in [5, 5.41) is 12.0. The van der Waals surface area contributed by atoms with E-state index in [-0.39, 0.29) is 11.7 Å². The number of hydrogen-bond donors (Lipinski definition) is 2. The molecule has 1 amide bonds. The van der Waals surface area contributed by atoms with Gasteiger partial charge in [-0.2, -0.15) is 0 Å². The van der Waals surface area contributed by atoms with Crippen LogP contribution in [0.4, 0.5) is 0 Å². The van der Waals surface area contributed by atoms with E-state index in [1.54, 1.807) is 36.5 Å². The van der Waals surface area contributed by atoms with Gasteiger partial charge in [0.2, 0.25) is 0 Å². The molecule has 4 nitrogen and oxygen atoms in total. The number of benzene rings is 1. The van der Waals surface area contributed by atoms with Crippen LogP contribution in [0, 0.1) is 0 Å². The number of hydrogen-bond acceptors (Lipinski definition) is 3. The van der Waals surface area contributed by atoms with Crippen molar-refractivity contribution in [1.29, 1.82) is 0 Å². The molecule has 0 atom stereocenters. The number of carbonyl (C=O) groups excluding carboxylic acids is 1. The highest BCUT2D eigenvalue weighted by atomic mass is 16.3. The van der Waals surface area contributed by atoms with Crippen molar-refractivity contribution in [2.45, 2.75) is 6.54 Å². The predicted octanol–water partition coefficient (Wildman–Crippen LogP) is 1.72. The SMILES string of the molecule is O=C(NCc1cccc(O)c1)c1cccnc1. The maximum absolute atomic E-state index is 11.7. The maximum Gasteiger partial charge on any atom is 0.253 e. The minimum atomic E-state index is -0.179. The average Bonchev–Trinajstić information content (AvgIpc) is 2.37. The highest BCUT2D eigenvalue weighted by Gasteiger charge is 2.04. The van der Waals surface area contributed by atoms with Gasteiger partial charge in [0, 0.05) is 18.9 Å². The zero-order valence-corrected chi connectivity index (χ0v) is 9.13. The normalized spacial score (nSPS) is 9.88. The fourth-order valence-corrected chi connectivity index (χ4v) is 1.45. The molecule has 0 fully saturated rings. The van der Waals surface area contributed by atoms with Crippen molar-refractivity contribution in [2.24, 2.45) is 0 Å². The summed E-state index contributed by atoms with van der Waals surface area (Å²) in [5.74, 6) is 0.0135. The van der Waals surface area contributed by atoms with Gasteiger partial charge in [-0.1, -0.05) is 12.1 Å². The number of nitrogens with zero attached hydrogens (tertiary/aromatic N) is 1. The lowest BCUT2D eigenvalue weighted by Crippen LogP contribution is -2.22. The number of nitrogens with one attached hydrogen (secondary N) is 1. The Morgan fingerprint density at radius 1 is 1.29 bits per heavy atom. The monoisotopic (exact) mass is 228 g/mol. The molecule has 0 aliphatic rings. The van der Waals surface area contributed by atoms with Crippen LogP contribution in [0.2, 0.25) is 0 Å². The van der Waals surface area contributed by atoms with Crippen molar-refractivity contribution in [1.82, 2.24) is 10.3 Å². The van der Waals surface area contributed by atoms with Crippen LogP contribution in [0.25, 0.3) is 0 Å². The lowest BCUT2D eigenvalue weighted by molar-refractivity contribution is 0.0950. The van der Waals surface area contributed by atoms with E-state index in [2.05, 4.69) is 10.3 Å². The van der Waals surface area contributed by atoms with E-state index in [0.717, 1.165) is 5.56 Å². The van der Waals surface area contributed by atoms with Crippen LogP contribution < -0.4 is 5.32 Å². The molecular formula is C13H12N2O2. The number of amides is 1. The molecule has 0 saturated carbocycles. The quantitative estimate of drug-likeness (QED) is 0.840. The van der Waals surface area contributed by atoms with Crippen molar-refractivity contribution in [2.75, 3.05) is 0 Å². The van der Waals surface area contributed by atoms with Crippen LogP contribution in [0.5, 0.6) is 5.75 Å². The molecule has 0 spiro atoms. The number of aromatic nitrogens is 1. The second kappa shape index (κ2) is 5.12. The molecule has 0 unspecified atom stereocenters. The first-order valence-electron chi connectivity index (χ1n) is 5.22. The summed E-state index contributed by atoms with van der Waals surface area (Å²) in [5.41, 5.74) is 1.37. The van der Waals surface area contributed by atoms with Gasteiger partial charge in [-0.25, -0.2) is 0 Å². The third-order valence-corrected chi connectivity index (χ3v) is 2.29. The Morgan fingerprint density at radius 3 is 2.88 bits per heavy atom. The smallest absolute Gasteiger partial charge is 0.253 e. The predicted molar refractivity (Wildman–Crippen MR) is 63.5 cm³/mol. The third kappa shape index (κ3) is 3.04. The maximum atomic E-state index is 11.7. The summed E-state index contributed by atoms with van der Waals surface area (Å²) in [4.78, 5) is 15.6. The van der Waals surface area contributed by atoms with E-state index in [1.165, 1.54) is 6.20 Å². The van der Waals surface area contributed by atoms with Gasteiger partial charge in [-0.3, -0.25) is 9.78 Å². The molecule has 0 aliphatic carbocycles. The number of phenolic OH excluding ortho intramolecular Hbond substituents is 1. The molecule has 2 aromatic rings. The fraction of sp³-hybridized carbons (Fsp3) is 0.0769. The number of aromatic hydroxyl groups is 1. The largest absolute Gasteiger partial charge is 0.508 e. The van der Waals surface area contributed by atoms with Gasteiger partial charge in [0.1, 0.15) is 5.75 Å². The van der Waals surface area contributed by atoms with Gasteiger partial charge in [0.05, 0.1) is 5.56 Å². The summed E-state index contributed by atoms with van der Waals surface area (Å²) in [6, 6.07) is 10.2. The van der Waals surface area contributed by atoms with Crippen molar-refractivity contribution >= 4 is 5.91 Å². The lowest BCUT2D eigenvalue weighted by Gasteiger charge is -2.05. The van der Waals surface area contributed by atoms with Crippen molar-refractivity contribution < 1.29 is 9.90 Å². The van der Waals surface area contributed by atoms with Gasteiger partial charge in [-0.15, -0.1) is 0 Å². The molecule has 0 aliphatic heterocycles. The average molecular weight is 228 g/mol. The van der Waals surface area contributed by atoms with Crippen LogP contribution in [-0.2, 0) is 6.54 Å². The number of rotatable bonds is 3. The zero-order chi connectivity index (χ0) is 12.1. The standard InChI is InChI=1S/C13H12N2O2/c16-12-5-1-3-10(7-12)8-15-13(17)11-4-2-6-14-9-11/h1-7,9,16H,8H2,(H,15,17). The van der Waals surface area contributed by atoms with Crippen molar-refractivity contribution in [3.05, 3.63) is 59.9 Å². The van der Waals surface area contributed by atoms with E-state index in [4.69, 9.17) is 0 Å². The summed E-state index contributed by atoms with van der Waals surface area (Å²) < 4.78 is 0. The second-order valence-electron chi connectivity index (χ2n) is 3.59. The van der Waals surface area contributed by atoms with Gasteiger partial charge < -0.3 is 10.4 Å². The second-order valence-corrected chi connectivity index (χ2v) is 3.59. The highest BCUT2D eigenvalue weighted by Crippen LogP contribution is 2.10. The van der Waals surface area contributed by atoms with Gasteiger partial charge in [0.25, 0.3) is 5.91 Å². The van der Waals surface area contributed by atoms with Gasteiger partial charge in [-0.05, 0) is 29.8 Å². The van der Waals surface area contributed by atoms with Crippen LogP contribution in [0.1, 0.15) is 15.9 Å². The molecule has 1 aromatic carbocycles. The number of pyridine rings is 1. The number of carbonyl (C=O) groups is 1. The minimum absolute atomic E-state index is 0.179. The first-order valence-corrected chi connectivity index (χ1v) is 5.22. The molecule has 0 bridgehead atoms. The van der Waals surface area contributed by atoms with E-state index >= 15 is 0 Å². The summed E-state index contributed by atoms with van der Waals surface area (Å²) in [6.45, 7) is 0.377. The van der Waals surface area contributed by atoms with E-state index in [1.807, 2.05) is 6.07 Å². The molecule has 86 valence electrons. The van der Waals surface area contributed by atoms with E-state index in [9.17, 15) is 9.90 Å². The molecule has 1 aromatic heterocycles. The molecule has 17 heavy (non-hydrogen) atoms. The Morgan fingerprint density at radius 2 is 2.18 bits per heavy atom. The summed E-state index contributed by atoms with van der Waals surface area (Å²) in [7, 11) is 0. The Balaban J connectivity index is 1.97. The molecule has 2 rings (SSSR count). The highest BCUT2D eigenvalue weighted by molar-refractivity contribution is 5.93. The topological polar surface area (TPSA) is 62.2 Å². The van der Waals surface area contributed by atoms with Gasteiger partial charge in [0.15, 0.2) is 0 Å². The fourth-order valence-electron chi connectivity index (χ4n) is 1.45. The minimum Gasteiger partial charge on any atom is -0.508 e. The van der Waals surface area contributed by atoms with Crippen LogP contribution in [0.3, 0.4) is 0 Å². The molecule has 0 saturated heterocycles. The Bertz CT molecular complexity index is 512. The Labute approximate surface area is 98.9 Å². The van der Waals surface area contributed by atoms with E-state index in [0.29, 0.717) is 12.1 Å². The Hall–Kier alpha value is -2.36. The molecule has 2 N–H and O–H groups in total. The van der Waals surface area contributed by atoms with Gasteiger partial charge >= 0.3 is 0 Å².